The summed E-state index contributed by atoms with van der Waals surface area (Å²) in [4.78, 5) is 23.9. The lowest BCUT2D eigenvalue weighted by molar-refractivity contribution is -0.538. The topological polar surface area (TPSA) is 56.8 Å². The molecule has 4 aliphatic heterocycles. The number of amides is 1. The van der Waals surface area contributed by atoms with Crippen LogP contribution in [0, 0.1) is 23.7 Å². The number of carbonyl (C=O) groups excluding carboxylic acids is 1. The second-order valence-electron chi connectivity index (χ2n) is 7.26. The van der Waals surface area contributed by atoms with E-state index >= 15 is 0 Å². The molecule has 5 nitrogen and oxygen atoms in total. The molecule has 5 fully saturated rings. The molecule has 2 bridgehead atoms. The minimum Gasteiger partial charge on any atom is -0.328 e. The van der Waals surface area contributed by atoms with Crippen LogP contribution in [0.15, 0.2) is 0 Å². The summed E-state index contributed by atoms with van der Waals surface area (Å²) in [6, 6.07) is 0. The maximum atomic E-state index is 12.2. The Morgan fingerprint density at radius 2 is 1.95 bits per heavy atom. The molecule has 20 heavy (non-hydrogen) atoms. The van der Waals surface area contributed by atoms with Gasteiger partial charge in [-0.25, -0.2) is 9.78 Å². The van der Waals surface area contributed by atoms with E-state index in [-0.39, 0.29) is 24.0 Å². The number of ether oxygens (including phenoxy) is 1. The van der Waals surface area contributed by atoms with Crippen molar-refractivity contribution in [3.8, 4) is 0 Å². The average Bonchev–Trinajstić information content (AvgIpc) is 2.63. The highest BCUT2D eigenvalue weighted by atomic mass is 17.3. The molecular formula is C15H23NO4. The van der Waals surface area contributed by atoms with Gasteiger partial charge in [-0.05, 0) is 38.0 Å². The molecule has 0 aromatic carbocycles. The van der Waals surface area contributed by atoms with E-state index in [0.717, 1.165) is 25.7 Å². The number of piperidine rings is 1. The van der Waals surface area contributed by atoms with E-state index in [9.17, 15) is 4.79 Å². The minimum atomic E-state index is -0.731. The number of fused-ring (bicyclic) bond motifs is 2. The van der Waals surface area contributed by atoms with Crippen LogP contribution in [0.1, 0.15) is 46.5 Å². The Bertz CT molecular complexity index is 455. The van der Waals surface area contributed by atoms with E-state index < -0.39 is 11.4 Å². The van der Waals surface area contributed by atoms with Crippen LogP contribution in [0.3, 0.4) is 0 Å². The second kappa shape index (κ2) is 3.96. The lowest BCUT2D eigenvalue weighted by Crippen LogP contribution is -2.74. The van der Waals surface area contributed by atoms with Gasteiger partial charge >= 0.3 is 0 Å². The summed E-state index contributed by atoms with van der Waals surface area (Å²) < 4.78 is 6.12. The first kappa shape index (κ1) is 13.0. The zero-order valence-corrected chi connectivity index (χ0v) is 12.3. The summed E-state index contributed by atoms with van der Waals surface area (Å²) >= 11 is 0. The molecule has 1 spiro atoms. The van der Waals surface area contributed by atoms with Crippen molar-refractivity contribution in [3.05, 3.63) is 0 Å². The van der Waals surface area contributed by atoms with Gasteiger partial charge in [-0.1, -0.05) is 13.8 Å². The molecule has 1 N–H and O–H groups in total. The monoisotopic (exact) mass is 281 g/mol. The Hall–Kier alpha value is -0.650. The van der Waals surface area contributed by atoms with Crippen LogP contribution in [0.4, 0.5) is 0 Å². The molecule has 5 aliphatic rings. The standard InChI is InChI=1S/C15H23NO4/c1-8-4-5-11-9(2)12(17)16-13-15(11)10(8)6-7-14(3,18-13)19-20-15/h8-11,13H,4-7H2,1-3H3,(H,16,17)/t8?,9-,10?,11?,13?,14+,15?/m1/s1. The maximum absolute atomic E-state index is 12.2. The lowest BCUT2D eigenvalue weighted by atomic mass is 9.57. The van der Waals surface area contributed by atoms with Gasteiger partial charge in [0.25, 0.3) is 0 Å². The molecule has 1 saturated carbocycles. The predicted molar refractivity (Wildman–Crippen MR) is 70.1 cm³/mol. The molecule has 0 aromatic rings. The SMILES string of the molecule is CC1CCC2[C@@H](C)C(=O)NC3O[C@]4(C)CCC1C32OO4. The van der Waals surface area contributed by atoms with E-state index in [0.29, 0.717) is 11.8 Å². The van der Waals surface area contributed by atoms with E-state index in [1.54, 1.807) is 0 Å². The van der Waals surface area contributed by atoms with Crippen molar-refractivity contribution in [2.75, 3.05) is 0 Å². The number of hydrogen-bond donors (Lipinski definition) is 1. The molecule has 1 aliphatic carbocycles. The average molecular weight is 281 g/mol. The molecule has 4 heterocycles. The van der Waals surface area contributed by atoms with Crippen molar-refractivity contribution in [1.29, 1.82) is 0 Å². The quantitative estimate of drug-likeness (QED) is 0.690. The van der Waals surface area contributed by atoms with Crippen LogP contribution >= 0.6 is 0 Å². The van der Waals surface area contributed by atoms with Crippen molar-refractivity contribution >= 4 is 5.91 Å². The van der Waals surface area contributed by atoms with Crippen LogP contribution in [-0.2, 0) is 19.3 Å². The van der Waals surface area contributed by atoms with Gasteiger partial charge in [0.2, 0.25) is 11.7 Å². The molecule has 1 amide bonds. The fraction of sp³-hybridized carbons (Fsp3) is 0.933. The van der Waals surface area contributed by atoms with Gasteiger partial charge < -0.3 is 10.1 Å². The molecule has 0 aromatic heterocycles. The third kappa shape index (κ3) is 1.46. The van der Waals surface area contributed by atoms with Crippen molar-refractivity contribution in [2.24, 2.45) is 23.7 Å². The highest BCUT2D eigenvalue weighted by Crippen LogP contribution is 2.58. The summed E-state index contributed by atoms with van der Waals surface area (Å²) in [7, 11) is 0. The van der Waals surface area contributed by atoms with Gasteiger partial charge in [0, 0.05) is 18.3 Å². The Morgan fingerprint density at radius 1 is 1.15 bits per heavy atom. The Morgan fingerprint density at radius 3 is 2.75 bits per heavy atom. The number of rotatable bonds is 0. The summed E-state index contributed by atoms with van der Waals surface area (Å²) in [5.41, 5.74) is -0.499. The smallest absolute Gasteiger partial charge is 0.225 e. The molecular weight excluding hydrogens is 258 g/mol. The van der Waals surface area contributed by atoms with Gasteiger partial charge in [-0.2, -0.15) is 0 Å². The normalized spacial score (nSPS) is 57.8. The van der Waals surface area contributed by atoms with Gasteiger partial charge in [-0.3, -0.25) is 4.79 Å². The fourth-order valence-electron chi connectivity index (χ4n) is 4.92. The Balaban J connectivity index is 1.84. The van der Waals surface area contributed by atoms with Gasteiger partial charge in [0.05, 0.1) is 0 Å². The first-order valence-corrected chi connectivity index (χ1v) is 7.81. The summed E-state index contributed by atoms with van der Waals surface area (Å²) in [5, 5.41) is 3.04. The van der Waals surface area contributed by atoms with Crippen LogP contribution < -0.4 is 5.32 Å². The zero-order valence-electron chi connectivity index (χ0n) is 12.3. The van der Waals surface area contributed by atoms with E-state index in [1.807, 2.05) is 13.8 Å². The Kier molecular flexibility index (Phi) is 2.58. The molecule has 4 saturated heterocycles. The third-order valence-electron chi connectivity index (χ3n) is 6.12. The third-order valence-corrected chi connectivity index (χ3v) is 6.12. The van der Waals surface area contributed by atoms with E-state index in [4.69, 9.17) is 14.5 Å². The fourth-order valence-corrected chi connectivity index (χ4v) is 4.92. The van der Waals surface area contributed by atoms with Crippen LogP contribution in [0.5, 0.6) is 0 Å². The minimum absolute atomic E-state index is 0.0455. The molecule has 0 radical (unpaired) electrons. The van der Waals surface area contributed by atoms with Crippen LogP contribution in [0.25, 0.3) is 0 Å². The van der Waals surface area contributed by atoms with Crippen LogP contribution in [0.2, 0.25) is 0 Å². The Labute approximate surface area is 119 Å². The van der Waals surface area contributed by atoms with Crippen molar-refractivity contribution in [1.82, 2.24) is 5.32 Å². The zero-order chi connectivity index (χ0) is 14.1. The highest BCUT2D eigenvalue weighted by Gasteiger charge is 2.68. The highest BCUT2D eigenvalue weighted by molar-refractivity contribution is 5.80. The molecule has 5 unspecified atom stereocenters. The van der Waals surface area contributed by atoms with Gasteiger partial charge in [0.1, 0.15) is 0 Å². The van der Waals surface area contributed by atoms with Crippen molar-refractivity contribution in [3.63, 3.8) is 0 Å². The first-order valence-electron chi connectivity index (χ1n) is 7.81. The van der Waals surface area contributed by atoms with E-state index in [2.05, 4.69) is 12.2 Å². The predicted octanol–water partition coefficient (Wildman–Crippen LogP) is 1.97. The second-order valence-corrected chi connectivity index (χ2v) is 7.26. The lowest BCUT2D eigenvalue weighted by Gasteiger charge is -2.58. The molecule has 5 rings (SSSR count). The van der Waals surface area contributed by atoms with Crippen molar-refractivity contribution in [2.45, 2.75) is 64.1 Å². The summed E-state index contributed by atoms with van der Waals surface area (Å²) in [6.45, 7) is 6.19. The molecule has 7 atom stereocenters. The number of carbonyl (C=O) groups is 1. The first-order chi connectivity index (χ1) is 9.46. The maximum Gasteiger partial charge on any atom is 0.225 e. The summed E-state index contributed by atoms with van der Waals surface area (Å²) in [6.07, 6.45) is 3.64. The van der Waals surface area contributed by atoms with Crippen LogP contribution in [-0.4, -0.2) is 23.5 Å². The van der Waals surface area contributed by atoms with Gasteiger partial charge in [-0.15, -0.1) is 0 Å². The largest absolute Gasteiger partial charge is 0.328 e. The van der Waals surface area contributed by atoms with E-state index in [1.165, 1.54) is 0 Å². The summed E-state index contributed by atoms with van der Waals surface area (Å²) in [5.74, 6) is 0.452. The number of nitrogens with one attached hydrogen (secondary N) is 1. The van der Waals surface area contributed by atoms with Crippen molar-refractivity contribution < 1.29 is 19.3 Å². The molecule has 5 heteroatoms. The van der Waals surface area contributed by atoms with Gasteiger partial charge in [0.15, 0.2) is 11.8 Å². The molecule has 112 valence electrons. The number of hydrogen-bond acceptors (Lipinski definition) is 4.